The van der Waals surface area contributed by atoms with Crippen LogP contribution >= 0.6 is 11.8 Å². The Kier molecular flexibility index (Phi) is 4.89. The van der Waals surface area contributed by atoms with Gasteiger partial charge in [0.05, 0.1) is 33.8 Å². The molecular formula is C37H25N3S. The van der Waals surface area contributed by atoms with Gasteiger partial charge in [-0.05, 0) is 52.9 Å². The van der Waals surface area contributed by atoms with Crippen LogP contribution in [0.4, 0.5) is 17.1 Å². The summed E-state index contributed by atoms with van der Waals surface area (Å²) in [7, 11) is 0. The number of para-hydroxylation sites is 3. The molecule has 0 fully saturated rings. The van der Waals surface area contributed by atoms with Crippen molar-refractivity contribution in [3.63, 3.8) is 0 Å². The van der Waals surface area contributed by atoms with E-state index in [-0.39, 0.29) is 5.50 Å². The van der Waals surface area contributed by atoms with Crippen molar-refractivity contribution >= 4 is 73.6 Å². The van der Waals surface area contributed by atoms with E-state index in [2.05, 4.69) is 154 Å². The minimum atomic E-state index is 0.0115. The van der Waals surface area contributed by atoms with E-state index in [1.54, 1.807) is 0 Å². The van der Waals surface area contributed by atoms with Crippen LogP contribution in [0.2, 0.25) is 0 Å². The lowest BCUT2D eigenvalue weighted by Crippen LogP contribution is -2.33. The molecule has 1 N–H and O–H groups in total. The molecule has 9 rings (SSSR count). The first-order valence-corrected chi connectivity index (χ1v) is 14.9. The number of aromatic nitrogens is 1. The summed E-state index contributed by atoms with van der Waals surface area (Å²) in [5, 5.41) is 8.86. The maximum atomic E-state index is 3.84. The van der Waals surface area contributed by atoms with E-state index in [0.717, 1.165) is 0 Å². The van der Waals surface area contributed by atoms with Gasteiger partial charge in [-0.2, -0.15) is 0 Å². The lowest BCUT2D eigenvalue weighted by molar-refractivity contribution is 0.987. The molecule has 0 radical (unpaired) electrons. The molecular weight excluding hydrogens is 518 g/mol. The molecule has 3 nitrogen and oxygen atoms in total. The maximum absolute atomic E-state index is 3.84. The van der Waals surface area contributed by atoms with Crippen molar-refractivity contribution in [3.05, 3.63) is 139 Å². The molecule has 3 heterocycles. The van der Waals surface area contributed by atoms with Crippen LogP contribution in [-0.2, 0) is 0 Å². The molecule has 1 unspecified atom stereocenters. The summed E-state index contributed by atoms with van der Waals surface area (Å²) in [6.07, 6.45) is 4.54. The van der Waals surface area contributed by atoms with Crippen molar-refractivity contribution in [2.75, 3.05) is 10.2 Å². The number of nitrogens with one attached hydrogen (secondary N) is 1. The fourth-order valence-corrected chi connectivity index (χ4v) is 7.76. The zero-order valence-corrected chi connectivity index (χ0v) is 23.0. The van der Waals surface area contributed by atoms with Gasteiger partial charge < -0.3 is 14.8 Å². The number of rotatable bonds is 2. The molecule has 2 aliphatic rings. The van der Waals surface area contributed by atoms with Gasteiger partial charge in [0.15, 0.2) is 5.50 Å². The standard InChI is InChI=1S/C37H25N3S/c1-3-13-27-24(10-1)12-9-18-31(27)39-32-17-7-4-14-28(32)35-33(39)23-22-26-21-20-25-11-2-6-16-30(25)40(36(26)35)37-38-29-15-5-8-19-34(29)41-37/h1-23,37-38H. The third-order valence-electron chi connectivity index (χ3n) is 8.37. The van der Waals surface area contributed by atoms with Gasteiger partial charge in [-0.15, -0.1) is 0 Å². The summed E-state index contributed by atoms with van der Waals surface area (Å²) >= 11 is 1.88. The number of benzene rings is 6. The van der Waals surface area contributed by atoms with Gasteiger partial charge in [0.1, 0.15) is 0 Å². The first-order chi connectivity index (χ1) is 20.3. The Morgan fingerprint density at radius 3 is 2.24 bits per heavy atom. The molecule has 0 saturated carbocycles. The van der Waals surface area contributed by atoms with Crippen molar-refractivity contribution in [1.29, 1.82) is 0 Å². The minimum Gasteiger partial charge on any atom is -0.355 e. The molecule has 1 aromatic heterocycles. The first-order valence-electron chi connectivity index (χ1n) is 14.0. The van der Waals surface area contributed by atoms with Gasteiger partial charge in [-0.3, -0.25) is 0 Å². The highest BCUT2D eigenvalue weighted by atomic mass is 32.2. The van der Waals surface area contributed by atoms with E-state index in [1.165, 1.54) is 71.4 Å². The number of nitrogens with zero attached hydrogens (tertiary/aromatic N) is 2. The normalized spacial score (nSPS) is 15.5. The molecule has 4 heteroatoms. The molecule has 0 amide bonds. The fourth-order valence-electron chi connectivity index (χ4n) is 6.60. The lowest BCUT2D eigenvalue weighted by Gasteiger charge is -2.33. The molecule has 0 saturated heterocycles. The largest absolute Gasteiger partial charge is 0.355 e. The predicted molar refractivity (Wildman–Crippen MR) is 176 cm³/mol. The Bertz CT molecular complexity index is 2160. The van der Waals surface area contributed by atoms with E-state index in [0.29, 0.717) is 0 Å². The molecule has 2 aliphatic heterocycles. The molecule has 0 spiro atoms. The number of hydrogen-bond acceptors (Lipinski definition) is 3. The zero-order chi connectivity index (χ0) is 26.9. The second-order valence-electron chi connectivity index (χ2n) is 10.6. The fraction of sp³-hybridized carbons (Fsp3) is 0.0270. The highest BCUT2D eigenvalue weighted by molar-refractivity contribution is 8.00. The third-order valence-corrected chi connectivity index (χ3v) is 9.53. The molecule has 0 aliphatic carbocycles. The highest BCUT2D eigenvalue weighted by Crippen LogP contribution is 2.50. The van der Waals surface area contributed by atoms with E-state index >= 15 is 0 Å². The Hall–Kier alpha value is -4.93. The van der Waals surface area contributed by atoms with Gasteiger partial charge in [0, 0.05) is 21.1 Å². The zero-order valence-electron chi connectivity index (χ0n) is 22.2. The van der Waals surface area contributed by atoms with Crippen molar-refractivity contribution < 1.29 is 0 Å². The minimum absolute atomic E-state index is 0.0115. The van der Waals surface area contributed by atoms with Crippen molar-refractivity contribution in [3.8, 4) is 5.69 Å². The average molecular weight is 544 g/mol. The summed E-state index contributed by atoms with van der Waals surface area (Å²) in [6.45, 7) is 0. The summed E-state index contributed by atoms with van der Waals surface area (Å²) in [4.78, 5) is 3.80. The second-order valence-corrected chi connectivity index (χ2v) is 11.7. The summed E-state index contributed by atoms with van der Waals surface area (Å²) in [5.74, 6) is 0. The topological polar surface area (TPSA) is 20.2 Å². The van der Waals surface area contributed by atoms with Gasteiger partial charge in [0.25, 0.3) is 0 Å². The van der Waals surface area contributed by atoms with Crippen molar-refractivity contribution in [1.82, 2.24) is 4.57 Å². The van der Waals surface area contributed by atoms with Crippen LogP contribution in [-0.4, -0.2) is 10.1 Å². The van der Waals surface area contributed by atoms with Crippen LogP contribution in [0.25, 0.3) is 50.4 Å². The highest BCUT2D eigenvalue weighted by Gasteiger charge is 2.33. The van der Waals surface area contributed by atoms with Gasteiger partial charge in [-0.1, -0.05) is 115 Å². The van der Waals surface area contributed by atoms with Crippen molar-refractivity contribution in [2.45, 2.75) is 10.4 Å². The van der Waals surface area contributed by atoms with Crippen LogP contribution in [0.5, 0.6) is 0 Å². The van der Waals surface area contributed by atoms with Crippen LogP contribution in [0.3, 0.4) is 0 Å². The van der Waals surface area contributed by atoms with E-state index in [4.69, 9.17) is 0 Å². The van der Waals surface area contributed by atoms with Gasteiger partial charge in [0.2, 0.25) is 0 Å². The Balaban J connectivity index is 1.39. The number of anilines is 3. The smallest absolute Gasteiger partial charge is 0.157 e. The maximum Gasteiger partial charge on any atom is 0.157 e. The van der Waals surface area contributed by atoms with Crippen LogP contribution in [0.15, 0.2) is 132 Å². The summed E-state index contributed by atoms with van der Waals surface area (Å²) in [6, 6.07) is 46.1. The predicted octanol–water partition coefficient (Wildman–Crippen LogP) is 10.1. The Labute approximate surface area is 242 Å². The molecule has 0 bridgehead atoms. The number of thioether (sulfide) groups is 1. The average Bonchev–Trinajstić information content (AvgIpc) is 3.55. The van der Waals surface area contributed by atoms with E-state index in [1.807, 2.05) is 11.8 Å². The van der Waals surface area contributed by atoms with E-state index < -0.39 is 0 Å². The molecule has 194 valence electrons. The Morgan fingerprint density at radius 2 is 1.29 bits per heavy atom. The number of hydrogen-bond donors (Lipinski definition) is 1. The molecule has 1 atom stereocenters. The Morgan fingerprint density at radius 1 is 0.561 bits per heavy atom. The van der Waals surface area contributed by atoms with E-state index in [9.17, 15) is 0 Å². The lowest BCUT2D eigenvalue weighted by atomic mass is 10.0. The monoisotopic (exact) mass is 543 g/mol. The van der Waals surface area contributed by atoms with Crippen LogP contribution in [0, 0.1) is 0 Å². The third kappa shape index (κ3) is 3.35. The molecule has 6 aromatic carbocycles. The first kappa shape index (κ1) is 22.8. The van der Waals surface area contributed by atoms with Gasteiger partial charge in [-0.25, -0.2) is 0 Å². The SMILES string of the molecule is C1=Cc2ccc3c(c2N(C2Nc4ccccc4S2)c2ccccc21)c1ccccc1n3-c1cccc2ccccc12. The molecule has 7 aromatic rings. The van der Waals surface area contributed by atoms with Crippen LogP contribution < -0.4 is 10.2 Å². The van der Waals surface area contributed by atoms with Gasteiger partial charge >= 0.3 is 0 Å². The summed E-state index contributed by atoms with van der Waals surface area (Å²) in [5.41, 5.74) is 9.68. The van der Waals surface area contributed by atoms with Crippen molar-refractivity contribution in [2.24, 2.45) is 0 Å². The molecule has 41 heavy (non-hydrogen) atoms. The second kappa shape index (κ2) is 8.79. The quantitative estimate of drug-likeness (QED) is 0.234. The van der Waals surface area contributed by atoms with Crippen LogP contribution in [0.1, 0.15) is 11.1 Å². The number of fused-ring (bicyclic) bond motifs is 8. The summed E-state index contributed by atoms with van der Waals surface area (Å²) < 4.78 is 2.45.